The zero-order valence-electron chi connectivity index (χ0n) is 11.4. The van der Waals surface area contributed by atoms with Crippen LogP contribution in [0, 0.1) is 0 Å². The van der Waals surface area contributed by atoms with Crippen molar-refractivity contribution in [1.29, 1.82) is 0 Å². The zero-order valence-corrected chi connectivity index (χ0v) is 12.2. The highest BCUT2D eigenvalue weighted by Gasteiger charge is 2.15. The van der Waals surface area contributed by atoms with E-state index < -0.39 is 5.97 Å². The maximum atomic E-state index is 12.0. The van der Waals surface area contributed by atoms with E-state index in [1.807, 2.05) is 17.0 Å². The molecule has 5 heteroatoms. The third kappa shape index (κ3) is 4.27. The molecule has 0 atom stereocenters. The minimum absolute atomic E-state index is 0.219. The summed E-state index contributed by atoms with van der Waals surface area (Å²) in [4.78, 5) is 24.6. The Morgan fingerprint density at radius 1 is 1.10 bits per heavy atom. The van der Waals surface area contributed by atoms with Crippen LogP contribution in [0.5, 0.6) is 0 Å². The van der Waals surface area contributed by atoms with Crippen LogP contribution in [0.25, 0.3) is 0 Å². The van der Waals surface area contributed by atoms with Crippen molar-refractivity contribution >= 4 is 23.6 Å². The van der Waals surface area contributed by atoms with E-state index in [0.29, 0.717) is 11.3 Å². The van der Waals surface area contributed by atoms with Gasteiger partial charge in [-0.25, -0.2) is 4.79 Å². The van der Waals surface area contributed by atoms with Crippen molar-refractivity contribution in [2.75, 3.05) is 18.8 Å². The molecule has 1 amide bonds. The molecule has 1 saturated heterocycles. The lowest BCUT2D eigenvalue weighted by Crippen LogP contribution is -2.36. The van der Waals surface area contributed by atoms with Gasteiger partial charge in [0.1, 0.15) is 0 Å². The molecular formula is C15H19NO3S. The normalized spacial score (nSPS) is 15.1. The summed E-state index contributed by atoms with van der Waals surface area (Å²) < 4.78 is 0. The minimum Gasteiger partial charge on any atom is -0.478 e. The summed E-state index contributed by atoms with van der Waals surface area (Å²) in [5.41, 5.74) is 1.34. The lowest BCUT2D eigenvalue weighted by molar-refractivity contribution is -0.129. The van der Waals surface area contributed by atoms with Crippen molar-refractivity contribution in [1.82, 2.24) is 4.90 Å². The number of thioether (sulfide) groups is 1. The molecule has 1 aromatic rings. The van der Waals surface area contributed by atoms with Gasteiger partial charge in [0.05, 0.1) is 11.3 Å². The molecule has 20 heavy (non-hydrogen) atoms. The highest BCUT2D eigenvalue weighted by Crippen LogP contribution is 2.16. The van der Waals surface area contributed by atoms with E-state index in [-0.39, 0.29) is 5.91 Å². The number of carboxylic acids is 1. The molecule has 0 aliphatic carbocycles. The molecule has 0 unspecified atom stereocenters. The van der Waals surface area contributed by atoms with Crippen LogP contribution in [0.4, 0.5) is 0 Å². The molecule has 0 aromatic heterocycles. The van der Waals surface area contributed by atoms with Crippen LogP contribution < -0.4 is 0 Å². The van der Waals surface area contributed by atoms with Gasteiger partial charge < -0.3 is 10.0 Å². The molecule has 1 N–H and O–H groups in total. The van der Waals surface area contributed by atoms with Crippen molar-refractivity contribution in [3.8, 4) is 0 Å². The van der Waals surface area contributed by atoms with Gasteiger partial charge in [0.2, 0.25) is 5.91 Å². The first-order chi connectivity index (χ1) is 9.66. The maximum Gasteiger partial charge on any atom is 0.335 e. The molecule has 4 nitrogen and oxygen atoms in total. The number of carbonyl (C=O) groups excluding carboxylic acids is 1. The lowest BCUT2D eigenvalue weighted by Gasteiger charge is -2.26. The number of carbonyl (C=O) groups is 2. The molecule has 1 fully saturated rings. The van der Waals surface area contributed by atoms with E-state index in [2.05, 4.69) is 0 Å². The van der Waals surface area contributed by atoms with Gasteiger partial charge in [0, 0.05) is 18.8 Å². The summed E-state index contributed by atoms with van der Waals surface area (Å²) in [6.45, 7) is 1.79. The number of carboxylic acid groups (broad SMARTS) is 1. The fourth-order valence-electron chi connectivity index (χ4n) is 2.23. The van der Waals surface area contributed by atoms with Gasteiger partial charge in [-0.15, -0.1) is 11.8 Å². The zero-order chi connectivity index (χ0) is 14.4. The predicted octanol–water partition coefficient (Wildman–Crippen LogP) is 2.63. The van der Waals surface area contributed by atoms with E-state index in [0.717, 1.165) is 37.2 Å². The number of nitrogens with zero attached hydrogens (tertiary/aromatic N) is 1. The Kier molecular flexibility index (Phi) is 5.47. The summed E-state index contributed by atoms with van der Waals surface area (Å²) in [7, 11) is 0. The molecule has 0 radical (unpaired) electrons. The van der Waals surface area contributed by atoms with Crippen LogP contribution in [-0.4, -0.2) is 40.7 Å². The number of amides is 1. The van der Waals surface area contributed by atoms with Gasteiger partial charge in [-0.05, 0) is 37.0 Å². The van der Waals surface area contributed by atoms with Crippen LogP contribution >= 0.6 is 11.8 Å². The molecule has 0 bridgehead atoms. The average molecular weight is 293 g/mol. The standard InChI is InChI=1S/C15H19NO3S/c17-14(16-8-2-1-3-9-16)11-20-10-12-4-6-13(7-5-12)15(18)19/h4-7H,1-3,8-11H2,(H,18,19). The number of likely N-dealkylation sites (tertiary alicyclic amines) is 1. The molecule has 1 heterocycles. The Labute approximate surface area is 123 Å². The maximum absolute atomic E-state index is 12.0. The van der Waals surface area contributed by atoms with E-state index in [1.165, 1.54) is 6.42 Å². The van der Waals surface area contributed by atoms with Crippen LogP contribution in [0.15, 0.2) is 24.3 Å². The summed E-state index contributed by atoms with van der Waals surface area (Å²) >= 11 is 1.58. The molecule has 1 aliphatic heterocycles. The monoisotopic (exact) mass is 293 g/mol. The van der Waals surface area contributed by atoms with Crippen molar-refractivity contribution in [3.05, 3.63) is 35.4 Å². The quantitative estimate of drug-likeness (QED) is 0.906. The van der Waals surface area contributed by atoms with Gasteiger partial charge in [-0.3, -0.25) is 4.79 Å². The summed E-state index contributed by atoms with van der Waals surface area (Å²) in [5.74, 6) is 0.543. The molecule has 0 saturated carbocycles. The Morgan fingerprint density at radius 3 is 2.35 bits per heavy atom. The number of piperidine rings is 1. The Hall–Kier alpha value is -1.49. The number of benzene rings is 1. The fraction of sp³-hybridized carbons (Fsp3) is 0.467. The van der Waals surface area contributed by atoms with Crippen molar-refractivity contribution in [2.24, 2.45) is 0 Å². The number of hydrogen-bond donors (Lipinski definition) is 1. The lowest BCUT2D eigenvalue weighted by atomic mass is 10.1. The number of aromatic carboxylic acids is 1. The second-order valence-corrected chi connectivity index (χ2v) is 5.92. The molecular weight excluding hydrogens is 274 g/mol. The summed E-state index contributed by atoms with van der Waals surface area (Å²) in [6, 6.07) is 6.82. The van der Waals surface area contributed by atoms with Crippen LogP contribution in [0.2, 0.25) is 0 Å². The van der Waals surface area contributed by atoms with Gasteiger partial charge >= 0.3 is 5.97 Å². The minimum atomic E-state index is -0.913. The predicted molar refractivity (Wildman–Crippen MR) is 80.0 cm³/mol. The molecule has 0 spiro atoms. The van der Waals surface area contributed by atoms with Gasteiger partial charge in [-0.1, -0.05) is 12.1 Å². The van der Waals surface area contributed by atoms with E-state index in [1.54, 1.807) is 23.9 Å². The first kappa shape index (κ1) is 14.9. The van der Waals surface area contributed by atoms with Gasteiger partial charge in [-0.2, -0.15) is 0 Å². The van der Waals surface area contributed by atoms with E-state index in [9.17, 15) is 9.59 Å². The molecule has 2 rings (SSSR count). The first-order valence-corrected chi connectivity index (χ1v) is 8.00. The highest BCUT2D eigenvalue weighted by molar-refractivity contribution is 7.99. The molecule has 108 valence electrons. The highest BCUT2D eigenvalue weighted by atomic mass is 32.2. The second kappa shape index (κ2) is 7.33. The second-order valence-electron chi connectivity index (χ2n) is 4.94. The smallest absolute Gasteiger partial charge is 0.335 e. The van der Waals surface area contributed by atoms with Gasteiger partial charge in [0.25, 0.3) is 0 Å². The Balaban J connectivity index is 1.74. The topological polar surface area (TPSA) is 57.6 Å². The fourth-order valence-corrected chi connectivity index (χ4v) is 3.12. The van der Waals surface area contributed by atoms with Crippen LogP contribution in [0.1, 0.15) is 35.2 Å². The molecule has 1 aromatic carbocycles. The van der Waals surface area contributed by atoms with Gasteiger partial charge in [0.15, 0.2) is 0 Å². The Bertz CT molecular complexity index is 467. The number of hydrogen-bond acceptors (Lipinski definition) is 3. The SMILES string of the molecule is O=C(O)c1ccc(CSCC(=O)N2CCCCC2)cc1. The van der Waals surface area contributed by atoms with Crippen molar-refractivity contribution < 1.29 is 14.7 Å². The third-order valence-corrected chi connectivity index (χ3v) is 4.39. The first-order valence-electron chi connectivity index (χ1n) is 6.84. The number of rotatable bonds is 5. The largest absolute Gasteiger partial charge is 0.478 e. The molecule has 1 aliphatic rings. The Morgan fingerprint density at radius 2 is 1.75 bits per heavy atom. The van der Waals surface area contributed by atoms with E-state index in [4.69, 9.17) is 5.11 Å². The average Bonchev–Trinajstić information content (AvgIpc) is 2.48. The van der Waals surface area contributed by atoms with Crippen molar-refractivity contribution in [2.45, 2.75) is 25.0 Å². The van der Waals surface area contributed by atoms with Crippen molar-refractivity contribution in [3.63, 3.8) is 0 Å². The van der Waals surface area contributed by atoms with Crippen LogP contribution in [0.3, 0.4) is 0 Å². The summed E-state index contributed by atoms with van der Waals surface area (Å²) in [5, 5.41) is 8.81. The summed E-state index contributed by atoms with van der Waals surface area (Å²) in [6.07, 6.45) is 3.47. The van der Waals surface area contributed by atoms with E-state index >= 15 is 0 Å². The third-order valence-electron chi connectivity index (χ3n) is 3.40. The van der Waals surface area contributed by atoms with Crippen LogP contribution in [-0.2, 0) is 10.5 Å².